The predicted octanol–water partition coefficient (Wildman–Crippen LogP) is 4.05. The smallest absolute Gasteiger partial charge is 0.126 e. The summed E-state index contributed by atoms with van der Waals surface area (Å²) in [6.07, 6.45) is 0. The highest BCUT2D eigenvalue weighted by Gasteiger charge is 2.08. The molecule has 1 heterocycles. The highest BCUT2D eigenvalue weighted by Crippen LogP contribution is 2.18. The quantitative estimate of drug-likeness (QED) is 0.835. The molecule has 0 spiro atoms. The Morgan fingerprint density at radius 2 is 2.10 bits per heavy atom. The first kappa shape index (κ1) is 15.6. The highest BCUT2D eigenvalue weighted by atomic mass is 19.1. The van der Waals surface area contributed by atoms with Crippen LogP contribution in [0.5, 0.6) is 5.75 Å². The van der Waals surface area contributed by atoms with E-state index in [-0.39, 0.29) is 5.82 Å². The molecule has 1 aromatic heterocycles. The normalized spacial score (nSPS) is 11.1. The molecule has 0 saturated heterocycles. The molecule has 0 bridgehead atoms. The number of furan rings is 1. The van der Waals surface area contributed by atoms with Crippen molar-refractivity contribution in [2.24, 2.45) is 5.92 Å². The Morgan fingerprint density at radius 3 is 2.81 bits per heavy atom. The van der Waals surface area contributed by atoms with Crippen LogP contribution in [0.4, 0.5) is 4.39 Å². The Kier molecular flexibility index (Phi) is 5.39. The zero-order valence-electron chi connectivity index (χ0n) is 12.8. The third-order valence-corrected chi connectivity index (χ3v) is 3.11. The fourth-order valence-electron chi connectivity index (χ4n) is 2.02. The molecule has 114 valence electrons. The van der Waals surface area contributed by atoms with Crippen LogP contribution in [-0.4, -0.2) is 6.54 Å². The first-order chi connectivity index (χ1) is 10.0. The summed E-state index contributed by atoms with van der Waals surface area (Å²) in [5.41, 5.74) is 0.987. The number of rotatable bonds is 7. The molecule has 1 N–H and O–H groups in total. The molecule has 0 aliphatic heterocycles. The van der Waals surface area contributed by atoms with Crippen LogP contribution in [0.3, 0.4) is 0 Å². The molecule has 0 fully saturated rings. The van der Waals surface area contributed by atoms with Crippen LogP contribution >= 0.6 is 0 Å². The Hall–Kier alpha value is -1.81. The van der Waals surface area contributed by atoms with E-state index >= 15 is 0 Å². The van der Waals surface area contributed by atoms with Crippen molar-refractivity contribution in [3.05, 3.63) is 53.2 Å². The first-order valence-electron chi connectivity index (χ1n) is 7.22. The van der Waals surface area contributed by atoms with Crippen molar-refractivity contribution in [3.63, 3.8) is 0 Å². The van der Waals surface area contributed by atoms with Crippen LogP contribution < -0.4 is 10.1 Å². The average molecular weight is 291 g/mol. The Morgan fingerprint density at radius 1 is 1.29 bits per heavy atom. The Balaban J connectivity index is 1.90. The summed E-state index contributed by atoms with van der Waals surface area (Å²) in [6.45, 7) is 8.28. The van der Waals surface area contributed by atoms with Gasteiger partial charge in [0, 0.05) is 11.6 Å². The number of benzene rings is 1. The molecular formula is C17H22FNO2. The van der Waals surface area contributed by atoms with Crippen molar-refractivity contribution in [3.8, 4) is 5.75 Å². The van der Waals surface area contributed by atoms with Gasteiger partial charge >= 0.3 is 0 Å². The van der Waals surface area contributed by atoms with Crippen LogP contribution in [0.25, 0.3) is 0 Å². The first-order valence-corrected chi connectivity index (χ1v) is 7.22. The number of halogens is 1. The molecule has 2 rings (SSSR count). The van der Waals surface area contributed by atoms with Crippen LogP contribution in [0, 0.1) is 18.7 Å². The summed E-state index contributed by atoms with van der Waals surface area (Å²) in [7, 11) is 0. The van der Waals surface area contributed by atoms with Gasteiger partial charge in [0.15, 0.2) is 0 Å². The van der Waals surface area contributed by atoms with Crippen molar-refractivity contribution in [2.45, 2.75) is 33.9 Å². The van der Waals surface area contributed by atoms with E-state index in [4.69, 9.17) is 9.15 Å². The maximum atomic E-state index is 13.1. The summed E-state index contributed by atoms with van der Waals surface area (Å²) in [5, 5.41) is 3.34. The molecular weight excluding hydrogens is 269 g/mol. The SMILES string of the molecule is Cc1oc(CNCC(C)C)cc1COc1cccc(F)c1. The lowest BCUT2D eigenvalue weighted by Gasteiger charge is -2.05. The van der Waals surface area contributed by atoms with Gasteiger partial charge in [-0.3, -0.25) is 0 Å². The topological polar surface area (TPSA) is 34.4 Å². The van der Waals surface area contributed by atoms with Gasteiger partial charge in [-0.15, -0.1) is 0 Å². The van der Waals surface area contributed by atoms with E-state index < -0.39 is 0 Å². The van der Waals surface area contributed by atoms with Crippen molar-refractivity contribution in [1.29, 1.82) is 0 Å². The van der Waals surface area contributed by atoms with Gasteiger partial charge in [-0.25, -0.2) is 4.39 Å². The summed E-state index contributed by atoms with van der Waals surface area (Å²) < 4.78 is 24.4. The average Bonchev–Trinajstić information content (AvgIpc) is 2.76. The van der Waals surface area contributed by atoms with Gasteiger partial charge in [0.25, 0.3) is 0 Å². The van der Waals surface area contributed by atoms with Gasteiger partial charge < -0.3 is 14.5 Å². The lowest BCUT2D eigenvalue weighted by atomic mass is 10.2. The second-order valence-corrected chi connectivity index (χ2v) is 5.56. The lowest BCUT2D eigenvalue weighted by Crippen LogP contribution is -2.18. The minimum atomic E-state index is -0.296. The van der Waals surface area contributed by atoms with Crippen LogP contribution in [-0.2, 0) is 13.2 Å². The van der Waals surface area contributed by atoms with E-state index in [1.807, 2.05) is 13.0 Å². The second kappa shape index (κ2) is 7.27. The van der Waals surface area contributed by atoms with Crippen LogP contribution in [0.15, 0.2) is 34.7 Å². The zero-order valence-corrected chi connectivity index (χ0v) is 12.8. The van der Waals surface area contributed by atoms with Crippen LogP contribution in [0.2, 0.25) is 0 Å². The molecule has 4 heteroatoms. The van der Waals surface area contributed by atoms with Gasteiger partial charge in [-0.1, -0.05) is 19.9 Å². The van der Waals surface area contributed by atoms with E-state index in [1.54, 1.807) is 12.1 Å². The monoisotopic (exact) mass is 291 g/mol. The predicted molar refractivity (Wildman–Crippen MR) is 80.7 cm³/mol. The molecule has 1 aromatic carbocycles. The standard InChI is InChI=1S/C17H22FNO2/c1-12(2)9-19-10-17-7-14(13(3)21-17)11-20-16-6-4-5-15(18)8-16/h4-8,12,19H,9-11H2,1-3H3. The van der Waals surface area contributed by atoms with Crippen molar-refractivity contribution in [2.75, 3.05) is 6.54 Å². The second-order valence-electron chi connectivity index (χ2n) is 5.56. The Bertz CT molecular complexity index is 578. The highest BCUT2D eigenvalue weighted by molar-refractivity contribution is 5.25. The van der Waals surface area contributed by atoms with E-state index in [1.165, 1.54) is 12.1 Å². The maximum absolute atomic E-state index is 13.1. The van der Waals surface area contributed by atoms with Gasteiger partial charge in [-0.05, 0) is 37.6 Å². The largest absolute Gasteiger partial charge is 0.489 e. The van der Waals surface area contributed by atoms with Gasteiger partial charge in [-0.2, -0.15) is 0 Å². The van der Waals surface area contributed by atoms with Crippen LogP contribution in [0.1, 0.15) is 30.9 Å². The fraction of sp³-hybridized carbons (Fsp3) is 0.412. The summed E-state index contributed by atoms with van der Waals surface area (Å²) in [6, 6.07) is 8.13. The molecule has 0 saturated carbocycles. The fourth-order valence-corrected chi connectivity index (χ4v) is 2.02. The summed E-state index contributed by atoms with van der Waals surface area (Å²) in [5.74, 6) is 2.57. The molecule has 0 radical (unpaired) electrons. The number of hydrogen-bond donors (Lipinski definition) is 1. The molecule has 3 nitrogen and oxygen atoms in total. The number of ether oxygens (including phenoxy) is 1. The molecule has 21 heavy (non-hydrogen) atoms. The molecule has 0 atom stereocenters. The number of hydrogen-bond acceptors (Lipinski definition) is 3. The van der Waals surface area contributed by atoms with Gasteiger partial charge in [0.1, 0.15) is 29.7 Å². The summed E-state index contributed by atoms with van der Waals surface area (Å²) in [4.78, 5) is 0. The van der Waals surface area contributed by atoms with E-state index in [2.05, 4.69) is 19.2 Å². The van der Waals surface area contributed by atoms with E-state index in [0.717, 1.165) is 23.6 Å². The molecule has 0 unspecified atom stereocenters. The number of aryl methyl sites for hydroxylation is 1. The molecule has 0 aliphatic rings. The van der Waals surface area contributed by atoms with Crippen molar-refractivity contribution in [1.82, 2.24) is 5.32 Å². The van der Waals surface area contributed by atoms with Gasteiger partial charge in [0.05, 0.1) is 6.54 Å². The zero-order chi connectivity index (χ0) is 15.2. The third kappa shape index (κ3) is 4.90. The molecule has 2 aromatic rings. The molecule has 0 amide bonds. The Labute approximate surface area is 125 Å². The third-order valence-electron chi connectivity index (χ3n) is 3.11. The minimum absolute atomic E-state index is 0.296. The minimum Gasteiger partial charge on any atom is -0.489 e. The maximum Gasteiger partial charge on any atom is 0.126 e. The molecule has 0 aliphatic carbocycles. The van der Waals surface area contributed by atoms with E-state index in [0.29, 0.717) is 24.8 Å². The van der Waals surface area contributed by atoms with Gasteiger partial charge in [0.2, 0.25) is 0 Å². The summed E-state index contributed by atoms with van der Waals surface area (Å²) >= 11 is 0. The van der Waals surface area contributed by atoms with Crippen molar-refractivity contribution >= 4 is 0 Å². The van der Waals surface area contributed by atoms with E-state index in [9.17, 15) is 4.39 Å². The number of nitrogens with one attached hydrogen (secondary N) is 1. The van der Waals surface area contributed by atoms with Crippen molar-refractivity contribution < 1.29 is 13.5 Å². The lowest BCUT2D eigenvalue weighted by molar-refractivity contribution is 0.301.